The first-order valence-corrected chi connectivity index (χ1v) is 7.25. The molecule has 100 valence electrons. The molecule has 0 radical (unpaired) electrons. The number of carbonyl (C=O) groups is 1. The van der Waals surface area contributed by atoms with Gasteiger partial charge in [0.2, 0.25) is 5.91 Å². The van der Waals surface area contributed by atoms with E-state index in [-0.39, 0.29) is 18.0 Å². The maximum atomic E-state index is 12.1. The minimum absolute atomic E-state index is 0.0994. The number of aromatic nitrogens is 1. The molecule has 0 spiro atoms. The number of carbonyl (C=O) groups excluding carboxylic acids is 1. The van der Waals surface area contributed by atoms with Crippen LogP contribution in [0.15, 0.2) is 11.6 Å². The van der Waals surface area contributed by atoms with Crippen LogP contribution >= 0.6 is 11.3 Å². The molecule has 1 amide bonds. The Hall–Kier alpha value is -0.980. The van der Waals surface area contributed by atoms with E-state index in [1.54, 1.807) is 11.3 Å². The SMILES string of the molecule is CCNC(=O)C1CNCCN1C(C)c1nccs1. The highest BCUT2D eigenvalue weighted by molar-refractivity contribution is 7.09. The van der Waals surface area contributed by atoms with E-state index < -0.39 is 0 Å². The zero-order chi connectivity index (χ0) is 13.0. The Morgan fingerprint density at radius 2 is 2.61 bits per heavy atom. The number of hydrogen-bond donors (Lipinski definition) is 2. The highest BCUT2D eigenvalue weighted by Crippen LogP contribution is 2.24. The lowest BCUT2D eigenvalue weighted by Crippen LogP contribution is -2.58. The highest BCUT2D eigenvalue weighted by Gasteiger charge is 2.32. The molecule has 2 rings (SSSR count). The standard InChI is InChI=1S/C12H20N4OS/c1-3-14-11(17)10-8-13-4-6-16(10)9(2)12-15-5-7-18-12/h5,7,9-10,13H,3-4,6,8H2,1-2H3,(H,14,17). The van der Waals surface area contributed by atoms with Crippen LogP contribution in [0.3, 0.4) is 0 Å². The summed E-state index contributed by atoms with van der Waals surface area (Å²) in [6.45, 7) is 7.25. The minimum atomic E-state index is -0.0994. The fourth-order valence-corrected chi connectivity index (χ4v) is 3.02. The van der Waals surface area contributed by atoms with Crippen molar-refractivity contribution in [1.29, 1.82) is 0 Å². The molecule has 0 aliphatic carbocycles. The van der Waals surface area contributed by atoms with Crippen LogP contribution in [0.25, 0.3) is 0 Å². The number of hydrogen-bond acceptors (Lipinski definition) is 5. The minimum Gasteiger partial charge on any atom is -0.355 e. The summed E-state index contributed by atoms with van der Waals surface area (Å²) in [7, 11) is 0. The Bertz CT molecular complexity index is 381. The lowest BCUT2D eigenvalue weighted by molar-refractivity contribution is -0.128. The fourth-order valence-electron chi connectivity index (χ4n) is 2.30. The van der Waals surface area contributed by atoms with E-state index in [1.807, 2.05) is 18.5 Å². The Kier molecular flexibility index (Phi) is 4.68. The van der Waals surface area contributed by atoms with Gasteiger partial charge in [-0.25, -0.2) is 4.98 Å². The molecular weight excluding hydrogens is 248 g/mol. The first-order chi connectivity index (χ1) is 8.74. The Morgan fingerprint density at radius 3 is 3.28 bits per heavy atom. The molecule has 18 heavy (non-hydrogen) atoms. The zero-order valence-electron chi connectivity index (χ0n) is 10.8. The smallest absolute Gasteiger partial charge is 0.238 e. The third-order valence-corrected chi connectivity index (χ3v) is 4.19. The first-order valence-electron chi connectivity index (χ1n) is 6.37. The molecule has 1 aliphatic heterocycles. The third kappa shape index (κ3) is 2.88. The zero-order valence-corrected chi connectivity index (χ0v) is 11.7. The van der Waals surface area contributed by atoms with E-state index in [1.165, 1.54) is 0 Å². The highest BCUT2D eigenvalue weighted by atomic mass is 32.1. The van der Waals surface area contributed by atoms with Gasteiger partial charge in [-0.05, 0) is 13.8 Å². The lowest BCUT2D eigenvalue weighted by atomic mass is 10.1. The molecule has 2 heterocycles. The molecule has 1 saturated heterocycles. The second-order valence-corrected chi connectivity index (χ2v) is 5.32. The van der Waals surface area contributed by atoms with Crippen LogP contribution in [-0.4, -0.2) is 48.0 Å². The average molecular weight is 268 g/mol. The van der Waals surface area contributed by atoms with Gasteiger partial charge in [0.05, 0.1) is 6.04 Å². The number of nitrogens with zero attached hydrogens (tertiary/aromatic N) is 2. The van der Waals surface area contributed by atoms with E-state index in [4.69, 9.17) is 0 Å². The van der Waals surface area contributed by atoms with Crippen LogP contribution in [0.4, 0.5) is 0 Å². The predicted molar refractivity (Wildman–Crippen MR) is 72.6 cm³/mol. The first kappa shape index (κ1) is 13.5. The molecule has 5 nitrogen and oxygen atoms in total. The average Bonchev–Trinajstić information content (AvgIpc) is 2.92. The van der Waals surface area contributed by atoms with Crippen LogP contribution in [0.5, 0.6) is 0 Å². The number of piperazine rings is 1. The van der Waals surface area contributed by atoms with Gasteiger partial charge in [-0.2, -0.15) is 0 Å². The predicted octanol–water partition coefficient (Wildman–Crippen LogP) is 0.614. The summed E-state index contributed by atoms with van der Waals surface area (Å²) in [4.78, 5) is 18.7. The normalized spacial score (nSPS) is 22.7. The van der Waals surface area contributed by atoms with Crippen molar-refractivity contribution in [2.45, 2.75) is 25.9 Å². The van der Waals surface area contributed by atoms with Gasteiger partial charge in [0.1, 0.15) is 11.0 Å². The monoisotopic (exact) mass is 268 g/mol. The third-order valence-electron chi connectivity index (χ3n) is 3.24. The fraction of sp³-hybridized carbons (Fsp3) is 0.667. The maximum absolute atomic E-state index is 12.1. The summed E-state index contributed by atoms with van der Waals surface area (Å²) in [5.41, 5.74) is 0. The van der Waals surface area contributed by atoms with Crippen molar-refractivity contribution >= 4 is 17.2 Å². The molecule has 0 saturated carbocycles. The molecule has 1 aromatic heterocycles. The van der Waals surface area contributed by atoms with Crippen molar-refractivity contribution in [3.63, 3.8) is 0 Å². The van der Waals surface area contributed by atoms with Gasteiger partial charge in [0, 0.05) is 37.8 Å². The summed E-state index contributed by atoms with van der Waals surface area (Å²) in [6.07, 6.45) is 1.82. The number of rotatable bonds is 4. The topological polar surface area (TPSA) is 57.3 Å². The molecule has 6 heteroatoms. The van der Waals surface area contributed by atoms with Crippen molar-refractivity contribution in [3.05, 3.63) is 16.6 Å². The molecule has 0 bridgehead atoms. The summed E-state index contributed by atoms with van der Waals surface area (Å²) in [5.74, 6) is 0.105. The molecule has 1 fully saturated rings. The number of thiazole rings is 1. The molecule has 2 N–H and O–H groups in total. The Morgan fingerprint density at radius 1 is 1.78 bits per heavy atom. The number of amides is 1. The molecule has 2 atom stereocenters. The van der Waals surface area contributed by atoms with Crippen LogP contribution < -0.4 is 10.6 Å². The van der Waals surface area contributed by atoms with Crippen molar-refractivity contribution in [2.24, 2.45) is 0 Å². The Balaban J connectivity index is 2.10. The number of nitrogens with one attached hydrogen (secondary N) is 2. The van der Waals surface area contributed by atoms with Gasteiger partial charge in [0.15, 0.2) is 0 Å². The molecule has 1 aromatic rings. The van der Waals surface area contributed by atoms with Crippen molar-refractivity contribution in [2.75, 3.05) is 26.2 Å². The van der Waals surface area contributed by atoms with Gasteiger partial charge in [0.25, 0.3) is 0 Å². The van der Waals surface area contributed by atoms with E-state index >= 15 is 0 Å². The summed E-state index contributed by atoms with van der Waals surface area (Å²) in [6, 6.07) is 0.0947. The van der Waals surface area contributed by atoms with E-state index in [9.17, 15) is 4.79 Å². The molecule has 2 unspecified atom stereocenters. The summed E-state index contributed by atoms with van der Waals surface area (Å²) >= 11 is 1.65. The van der Waals surface area contributed by atoms with Gasteiger partial charge >= 0.3 is 0 Å². The van der Waals surface area contributed by atoms with E-state index in [0.29, 0.717) is 13.1 Å². The van der Waals surface area contributed by atoms with Crippen LogP contribution in [-0.2, 0) is 4.79 Å². The van der Waals surface area contributed by atoms with Crippen LogP contribution in [0.2, 0.25) is 0 Å². The molecular formula is C12H20N4OS. The van der Waals surface area contributed by atoms with Crippen LogP contribution in [0, 0.1) is 0 Å². The van der Waals surface area contributed by atoms with Crippen molar-refractivity contribution in [3.8, 4) is 0 Å². The summed E-state index contributed by atoms with van der Waals surface area (Å²) < 4.78 is 0. The lowest BCUT2D eigenvalue weighted by Gasteiger charge is -2.38. The maximum Gasteiger partial charge on any atom is 0.238 e. The van der Waals surface area contributed by atoms with E-state index in [2.05, 4.69) is 27.4 Å². The van der Waals surface area contributed by atoms with Crippen LogP contribution in [0.1, 0.15) is 24.9 Å². The van der Waals surface area contributed by atoms with E-state index in [0.717, 1.165) is 18.1 Å². The largest absolute Gasteiger partial charge is 0.355 e. The molecule has 1 aliphatic rings. The van der Waals surface area contributed by atoms with Crippen molar-refractivity contribution in [1.82, 2.24) is 20.5 Å². The molecule has 0 aromatic carbocycles. The second kappa shape index (κ2) is 6.26. The summed E-state index contributed by atoms with van der Waals surface area (Å²) in [5, 5.41) is 9.25. The van der Waals surface area contributed by atoms with Gasteiger partial charge < -0.3 is 10.6 Å². The van der Waals surface area contributed by atoms with Gasteiger partial charge in [-0.15, -0.1) is 11.3 Å². The van der Waals surface area contributed by atoms with Gasteiger partial charge in [-0.1, -0.05) is 0 Å². The quantitative estimate of drug-likeness (QED) is 0.840. The second-order valence-electron chi connectivity index (χ2n) is 4.40. The Labute approximate surface area is 112 Å². The van der Waals surface area contributed by atoms with Crippen molar-refractivity contribution < 1.29 is 4.79 Å². The number of likely N-dealkylation sites (N-methyl/N-ethyl adjacent to an activating group) is 1. The van der Waals surface area contributed by atoms with Gasteiger partial charge in [-0.3, -0.25) is 9.69 Å².